The molecule has 0 radical (unpaired) electrons. The number of hydrogen-bond acceptors (Lipinski definition) is 5. The number of hydrogen-bond donors (Lipinski definition) is 2. The molecule has 3 N–H and O–H groups in total. The van der Waals surface area contributed by atoms with Gasteiger partial charge in [0.15, 0.2) is 0 Å². The summed E-state index contributed by atoms with van der Waals surface area (Å²) in [5.41, 5.74) is 7.26. The Morgan fingerprint density at radius 2 is 1.75 bits per heavy atom. The summed E-state index contributed by atoms with van der Waals surface area (Å²) in [4.78, 5) is 12.4. The molecule has 1 heterocycles. The number of nitrogens with one attached hydrogen (secondary N) is 1. The van der Waals surface area contributed by atoms with Crippen molar-refractivity contribution in [3.05, 3.63) is 41.7 Å². The highest BCUT2D eigenvalue weighted by Crippen LogP contribution is 2.55. The maximum Gasteiger partial charge on any atom is 0.246 e. The first kappa shape index (κ1) is 23.2. The topological polar surface area (TPSA) is 82.8 Å². The van der Waals surface area contributed by atoms with Gasteiger partial charge in [-0.1, -0.05) is 12.1 Å². The molecule has 5 rings (SSSR count). The molecule has 1 aliphatic heterocycles. The molecule has 0 unspecified atom stereocenters. The Bertz CT molecular complexity index is 780. The molecule has 32 heavy (non-hydrogen) atoms. The molecular weight excluding hydrogens is 411 g/mol. The molecule has 6 nitrogen and oxygen atoms in total. The molecule has 1 aromatic rings. The van der Waals surface area contributed by atoms with Gasteiger partial charge < -0.3 is 25.3 Å². The molecule has 1 saturated heterocycles. The lowest BCUT2D eigenvalue weighted by Crippen LogP contribution is -2.51. The molecule has 7 heteroatoms. The summed E-state index contributed by atoms with van der Waals surface area (Å²) in [6.45, 7) is 1.90. The Kier molecular flexibility index (Phi) is 7.48. The fourth-order valence-electron chi connectivity index (χ4n) is 5.35. The molecule has 4 aliphatic rings. The molecule has 0 atom stereocenters. The molecule has 0 spiro atoms. The molecule has 176 valence electrons. The minimum atomic E-state index is -0.158. The first-order valence-electron chi connectivity index (χ1n) is 11.8. The molecule has 2 bridgehead atoms. The Hall–Kier alpha value is -1.96. The predicted molar refractivity (Wildman–Crippen MR) is 120 cm³/mol. The number of fused-ring (bicyclic) bond motifs is 3. The fourth-order valence-corrected chi connectivity index (χ4v) is 5.35. The summed E-state index contributed by atoms with van der Waals surface area (Å²) in [5.74, 6) is 0.711. The summed E-state index contributed by atoms with van der Waals surface area (Å²) in [6.07, 6.45) is 8.42. The summed E-state index contributed by atoms with van der Waals surface area (Å²) < 4.78 is 29.9. The third-order valence-corrected chi connectivity index (χ3v) is 7.58. The quantitative estimate of drug-likeness (QED) is 0.606. The lowest BCUT2D eigenvalue weighted by Gasteiger charge is -2.53. The number of carbonyl (C=O) groups is 1. The van der Waals surface area contributed by atoms with E-state index >= 15 is 0 Å². The second-order valence-electron chi connectivity index (χ2n) is 9.49. The average molecular weight is 447 g/mol. The van der Waals surface area contributed by atoms with Gasteiger partial charge in [0.1, 0.15) is 19.0 Å². The van der Waals surface area contributed by atoms with Crippen LogP contribution in [0.5, 0.6) is 5.75 Å². The third-order valence-electron chi connectivity index (χ3n) is 7.58. The zero-order valence-electron chi connectivity index (χ0n) is 18.7. The van der Waals surface area contributed by atoms with Crippen LogP contribution < -0.4 is 15.8 Å². The van der Waals surface area contributed by atoms with Gasteiger partial charge in [-0.3, -0.25) is 4.79 Å². The van der Waals surface area contributed by atoms with E-state index in [9.17, 15) is 9.18 Å². The van der Waals surface area contributed by atoms with Gasteiger partial charge in [0.2, 0.25) is 5.91 Å². The van der Waals surface area contributed by atoms with E-state index in [0.29, 0.717) is 25.1 Å². The van der Waals surface area contributed by atoms with Gasteiger partial charge in [-0.15, -0.1) is 0 Å². The van der Waals surface area contributed by atoms with Crippen molar-refractivity contribution in [2.75, 3.05) is 33.0 Å². The largest absolute Gasteiger partial charge is 0.489 e. The average Bonchev–Trinajstić information content (AvgIpc) is 2.86. The van der Waals surface area contributed by atoms with Crippen molar-refractivity contribution >= 4 is 5.91 Å². The predicted octanol–water partition coefficient (Wildman–Crippen LogP) is 3.53. The van der Waals surface area contributed by atoms with E-state index in [2.05, 4.69) is 17.4 Å². The second kappa shape index (κ2) is 10.3. The van der Waals surface area contributed by atoms with E-state index in [4.69, 9.17) is 19.9 Å². The molecule has 0 aromatic heterocycles. The number of benzene rings is 1. The third kappa shape index (κ3) is 5.33. The zero-order chi connectivity index (χ0) is 22.4. The fraction of sp³-hybridized carbons (Fsp3) is 0.640. The van der Waals surface area contributed by atoms with Gasteiger partial charge in [0.05, 0.1) is 11.9 Å². The SMILES string of the molecule is NC/C(=C\F)COc1ccc(C23CCC(OCC(=O)NC4CCOCC4)(CC2)CC3)cc1. The number of ether oxygens (including phenoxy) is 3. The zero-order valence-corrected chi connectivity index (χ0v) is 18.7. The van der Waals surface area contributed by atoms with Crippen molar-refractivity contribution in [1.82, 2.24) is 5.32 Å². The lowest BCUT2D eigenvalue weighted by molar-refractivity contribution is -0.147. The first-order valence-corrected chi connectivity index (χ1v) is 11.8. The van der Waals surface area contributed by atoms with E-state index < -0.39 is 0 Å². The summed E-state index contributed by atoms with van der Waals surface area (Å²) >= 11 is 0. The van der Waals surface area contributed by atoms with Crippen LogP contribution in [0.3, 0.4) is 0 Å². The molecule has 4 fully saturated rings. The Morgan fingerprint density at radius 1 is 1.09 bits per heavy atom. The van der Waals surface area contributed by atoms with Gasteiger partial charge in [-0.2, -0.15) is 0 Å². The van der Waals surface area contributed by atoms with Crippen molar-refractivity contribution < 1.29 is 23.4 Å². The van der Waals surface area contributed by atoms with E-state index in [1.54, 1.807) is 0 Å². The van der Waals surface area contributed by atoms with Crippen molar-refractivity contribution in [2.24, 2.45) is 5.73 Å². The standard InChI is InChI=1S/C25H35FN2O4/c26-15-19(16-27)17-31-22-3-1-20(2-4-22)24-7-10-25(11-8-24,12-9-24)32-18-23(29)28-21-5-13-30-14-6-21/h1-4,15,21H,5-14,16-18,27H2,(H,28,29)/b19-15+. The van der Waals surface area contributed by atoms with Crippen molar-refractivity contribution in [2.45, 2.75) is 68.4 Å². The van der Waals surface area contributed by atoms with Crippen molar-refractivity contribution in [1.29, 1.82) is 0 Å². The first-order chi connectivity index (χ1) is 15.6. The summed E-state index contributed by atoms with van der Waals surface area (Å²) in [7, 11) is 0. The van der Waals surface area contributed by atoms with Crippen LogP contribution in [0.2, 0.25) is 0 Å². The highest BCUT2D eigenvalue weighted by molar-refractivity contribution is 5.77. The Labute approximate surface area is 189 Å². The van der Waals surface area contributed by atoms with Gasteiger partial charge in [-0.05, 0) is 74.5 Å². The van der Waals surface area contributed by atoms with Crippen LogP contribution in [0.4, 0.5) is 4.39 Å². The highest BCUT2D eigenvalue weighted by atomic mass is 19.1. The molecule has 3 aliphatic carbocycles. The van der Waals surface area contributed by atoms with Gasteiger partial charge in [-0.25, -0.2) is 4.39 Å². The van der Waals surface area contributed by atoms with Crippen molar-refractivity contribution in [3.8, 4) is 5.75 Å². The monoisotopic (exact) mass is 446 g/mol. The van der Waals surface area contributed by atoms with Gasteiger partial charge in [0, 0.05) is 31.4 Å². The number of halogens is 1. The van der Waals surface area contributed by atoms with Crippen molar-refractivity contribution in [3.63, 3.8) is 0 Å². The number of amides is 1. The summed E-state index contributed by atoms with van der Waals surface area (Å²) in [5, 5.41) is 3.09. The highest BCUT2D eigenvalue weighted by Gasteiger charge is 2.50. The van der Waals surface area contributed by atoms with Crippen LogP contribution in [-0.4, -0.2) is 50.5 Å². The molecule has 3 saturated carbocycles. The van der Waals surface area contributed by atoms with E-state index in [1.165, 1.54) is 5.56 Å². The Morgan fingerprint density at radius 3 is 2.34 bits per heavy atom. The van der Waals surface area contributed by atoms with Crippen LogP contribution in [0.1, 0.15) is 56.9 Å². The van der Waals surface area contributed by atoms with Crippen LogP contribution in [0.15, 0.2) is 36.2 Å². The molecular formula is C25H35FN2O4. The van der Waals surface area contributed by atoms with Crippen LogP contribution >= 0.6 is 0 Å². The normalized spacial score (nSPS) is 28.5. The van der Waals surface area contributed by atoms with Crippen LogP contribution in [-0.2, 0) is 19.7 Å². The Balaban J connectivity index is 1.27. The van der Waals surface area contributed by atoms with Crippen LogP contribution in [0, 0.1) is 0 Å². The van der Waals surface area contributed by atoms with E-state index in [0.717, 1.165) is 57.1 Å². The van der Waals surface area contributed by atoms with Gasteiger partial charge >= 0.3 is 0 Å². The van der Waals surface area contributed by atoms with E-state index in [1.807, 2.05) is 12.1 Å². The molecule has 1 amide bonds. The smallest absolute Gasteiger partial charge is 0.246 e. The van der Waals surface area contributed by atoms with E-state index in [-0.39, 0.29) is 42.7 Å². The van der Waals surface area contributed by atoms with Gasteiger partial charge in [0.25, 0.3) is 0 Å². The number of carbonyl (C=O) groups excluding carboxylic acids is 1. The lowest BCUT2D eigenvalue weighted by atomic mass is 9.56. The van der Waals surface area contributed by atoms with Crippen LogP contribution in [0.25, 0.3) is 0 Å². The maximum absolute atomic E-state index is 12.6. The second-order valence-corrected chi connectivity index (χ2v) is 9.49. The maximum atomic E-state index is 12.6. The minimum Gasteiger partial charge on any atom is -0.489 e. The summed E-state index contributed by atoms with van der Waals surface area (Å²) in [6, 6.07) is 8.41. The number of nitrogens with two attached hydrogens (primary N) is 1. The number of rotatable bonds is 9. The minimum absolute atomic E-state index is 0.00956. The molecule has 1 aromatic carbocycles.